The van der Waals surface area contributed by atoms with Gasteiger partial charge in [0.1, 0.15) is 4.21 Å². The number of carbonyl (C=O) groups excluding carboxylic acids is 1. The molecule has 0 spiro atoms. The molecular weight excluding hydrogens is 362 g/mol. The maximum absolute atomic E-state index is 12.1. The van der Waals surface area contributed by atoms with Crippen molar-refractivity contribution in [3.8, 4) is 0 Å². The van der Waals surface area contributed by atoms with E-state index in [0.29, 0.717) is 36.9 Å². The summed E-state index contributed by atoms with van der Waals surface area (Å²) < 4.78 is 27.0. The standard InChI is InChI=1S/C15H25N5O3S2/c1-3-16-15(20-10-8-19(9-11-20)13(2)21)17-6-7-18-25(22,23)14-5-4-12-24-14/h4-5,12,18H,3,6-11H2,1-2H3,(H,16,17). The van der Waals surface area contributed by atoms with Crippen LogP contribution in [-0.4, -0.2) is 75.9 Å². The summed E-state index contributed by atoms with van der Waals surface area (Å²) >= 11 is 1.19. The molecule has 2 heterocycles. The van der Waals surface area contributed by atoms with Crippen LogP contribution in [0, 0.1) is 0 Å². The number of hydrogen-bond donors (Lipinski definition) is 2. The van der Waals surface area contributed by atoms with Crippen LogP contribution in [0.1, 0.15) is 13.8 Å². The molecule has 1 fully saturated rings. The lowest BCUT2D eigenvalue weighted by Crippen LogP contribution is -2.53. The summed E-state index contributed by atoms with van der Waals surface area (Å²) in [5.41, 5.74) is 0. The van der Waals surface area contributed by atoms with Crippen molar-refractivity contribution in [2.45, 2.75) is 18.1 Å². The van der Waals surface area contributed by atoms with Crippen LogP contribution >= 0.6 is 11.3 Å². The Labute approximate surface area is 153 Å². The van der Waals surface area contributed by atoms with Gasteiger partial charge in [0, 0.05) is 46.2 Å². The van der Waals surface area contributed by atoms with Gasteiger partial charge in [0.05, 0.1) is 6.54 Å². The highest BCUT2D eigenvalue weighted by molar-refractivity contribution is 7.91. The Morgan fingerprint density at radius 2 is 1.96 bits per heavy atom. The van der Waals surface area contributed by atoms with Crippen molar-refractivity contribution < 1.29 is 13.2 Å². The summed E-state index contributed by atoms with van der Waals surface area (Å²) in [6.45, 7) is 7.65. The molecule has 0 atom stereocenters. The molecule has 1 amide bonds. The van der Waals surface area contributed by atoms with Crippen LogP contribution in [0.5, 0.6) is 0 Å². The molecule has 0 aliphatic carbocycles. The van der Waals surface area contributed by atoms with Gasteiger partial charge in [-0.25, -0.2) is 13.1 Å². The van der Waals surface area contributed by atoms with E-state index in [-0.39, 0.29) is 12.5 Å². The third-order valence-corrected chi connectivity index (χ3v) is 6.64. The molecule has 10 heteroatoms. The van der Waals surface area contributed by atoms with Gasteiger partial charge >= 0.3 is 0 Å². The Morgan fingerprint density at radius 1 is 1.28 bits per heavy atom. The number of nitrogens with one attached hydrogen (secondary N) is 2. The predicted molar refractivity (Wildman–Crippen MR) is 99.3 cm³/mol. The maximum Gasteiger partial charge on any atom is 0.250 e. The highest BCUT2D eigenvalue weighted by atomic mass is 32.2. The molecule has 140 valence electrons. The van der Waals surface area contributed by atoms with Crippen molar-refractivity contribution in [2.75, 3.05) is 45.8 Å². The van der Waals surface area contributed by atoms with Gasteiger partial charge < -0.3 is 15.1 Å². The van der Waals surface area contributed by atoms with Gasteiger partial charge in [-0.3, -0.25) is 9.79 Å². The molecule has 0 saturated carbocycles. The minimum Gasteiger partial charge on any atom is -0.357 e. The van der Waals surface area contributed by atoms with E-state index in [1.54, 1.807) is 24.4 Å². The first-order valence-electron chi connectivity index (χ1n) is 8.26. The molecule has 1 saturated heterocycles. The van der Waals surface area contributed by atoms with Crippen molar-refractivity contribution in [1.82, 2.24) is 19.8 Å². The number of amides is 1. The molecule has 1 aromatic rings. The van der Waals surface area contributed by atoms with E-state index in [2.05, 4.69) is 19.9 Å². The zero-order valence-corrected chi connectivity index (χ0v) is 16.2. The molecule has 0 radical (unpaired) electrons. The fourth-order valence-corrected chi connectivity index (χ4v) is 4.55. The molecule has 2 N–H and O–H groups in total. The summed E-state index contributed by atoms with van der Waals surface area (Å²) in [6, 6.07) is 3.29. The van der Waals surface area contributed by atoms with Gasteiger partial charge in [-0.2, -0.15) is 0 Å². The van der Waals surface area contributed by atoms with Crippen LogP contribution in [-0.2, 0) is 14.8 Å². The molecule has 0 aromatic carbocycles. The number of thiophene rings is 1. The average molecular weight is 388 g/mol. The molecule has 25 heavy (non-hydrogen) atoms. The van der Waals surface area contributed by atoms with Crippen molar-refractivity contribution in [2.24, 2.45) is 4.99 Å². The quantitative estimate of drug-likeness (QED) is 0.412. The molecule has 8 nitrogen and oxygen atoms in total. The molecule has 2 rings (SSSR count). The predicted octanol–water partition coefficient (Wildman–Crippen LogP) is 0.156. The number of rotatable bonds is 6. The number of nitrogens with zero attached hydrogens (tertiary/aromatic N) is 3. The minimum atomic E-state index is -3.45. The molecule has 1 aliphatic heterocycles. The summed E-state index contributed by atoms with van der Waals surface area (Å²) in [5.74, 6) is 0.839. The number of guanidine groups is 1. The van der Waals surface area contributed by atoms with Gasteiger partial charge in [-0.1, -0.05) is 6.07 Å². The van der Waals surface area contributed by atoms with Gasteiger partial charge in [-0.15, -0.1) is 11.3 Å². The van der Waals surface area contributed by atoms with E-state index in [1.165, 1.54) is 11.3 Å². The Kier molecular flexibility index (Phi) is 7.21. The smallest absolute Gasteiger partial charge is 0.250 e. The lowest BCUT2D eigenvalue weighted by Gasteiger charge is -2.36. The molecule has 1 aromatic heterocycles. The molecule has 0 unspecified atom stereocenters. The summed E-state index contributed by atoms with van der Waals surface area (Å²) in [6.07, 6.45) is 0. The largest absolute Gasteiger partial charge is 0.357 e. The maximum atomic E-state index is 12.1. The third-order valence-electron chi connectivity index (χ3n) is 3.78. The van der Waals surface area contributed by atoms with Crippen LogP contribution in [0.15, 0.2) is 26.7 Å². The molecule has 1 aliphatic rings. The number of piperazine rings is 1. The van der Waals surface area contributed by atoms with Crippen LogP contribution < -0.4 is 10.0 Å². The Morgan fingerprint density at radius 3 is 2.52 bits per heavy atom. The van der Waals surface area contributed by atoms with Crippen LogP contribution in [0.3, 0.4) is 0 Å². The zero-order chi connectivity index (χ0) is 18.3. The second-order valence-corrected chi connectivity index (χ2v) is 8.50. The van der Waals surface area contributed by atoms with Crippen molar-refractivity contribution >= 4 is 33.2 Å². The Bertz CT molecular complexity index is 680. The van der Waals surface area contributed by atoms with Crippen LogP contribution in [0.4, 0.5) is 0 Å². The summed E-state index contributed by atoms with van der Waals surface area (Å²) in [5, 5.41) is 4.95. The van der Waals surface area contributed by atoms with E-state index < -0.39 is 10.0 Å². The van der Waals surface area contributed by atoms with Gasteiger partial charge in [0.25, 0.3) is 0 Å². The van der Waals surface area contributed by atoms with Gasteiger partial charge in [-0.05, 0) is 18.4 Å². The number of carbonyl (C=O) groups is 1. The van der Waals surface area contributed by atoms with E-state index >= 15 is 0 Å². The minimum absolute atomic E-state index is 0.0876. The van der Waals surface area contributed by atoms with Crippen molar-refractivity contribution in [3.05, 3.63) is 17.5 Å². The fraction of sp³-hybridized carbons (Fsp3) is 0.600. The first-order chi connectivity index (χ1) is 11.9. The summed E-state index contributed by atoms with van der Waals surface area (Å²) in [4.78, 5) is 19.8. The van der Waals surface area contributed by atoms with E-state index in [1.807, 2.05) is 11.8 Å². The number of hydrogen-bond acceptors (Lipinski definition) is 5. The van der Waals surface area contributed by atoms with Crippen LogP contribution in [0.2, 0.25) is 0 Å². The molecule has 0 bridgehead atoms. The highest BCUT2D eigenvalue weighted by Gasteiger charge is 2.21. The van der Waals surface area contributed by atoms with E-state index in [4.69, 9.17) is 0 Å². The second-order valence-electron chi connectivity index (χ2n) is 5.56. The van der Waals surface area contributed by atoms with Crippen molar-refractivity contribution in [3.63, 3.8) is 0 Å². The van der Waals surface area contributed by atoms with E-state index in [9.17, 15) is 13.2 Å². The highest BCUT2D eigenvalue weighted by Crippen LogP contribution is 2.14. The first kappa shape index (κ1) is 19.7. The zero-order valence-electron chi connectivity index (χ0n) is 14.6. The van der Waals surface area contributed by atoms with Crippen molar-refractivity contribution in [1.29, 1.82) is 0 Å². The summed E-state index contributed by atoms with van der Waals surface area (Å²) in [7, 11) is -3.45. The van der Waals surface area contributed by atoms with Crippen LogP contribution in [0.25, 0.3) is 0 Å². The number of aliphatic imine (C=N–C) groups is 1. The Balaban J connectivity index is 1.87. The number of sulfonamides is 1. The normalized spacial score (nSPS) is 16.2. The monoisotopic (exact) mass is 387 g/mol. The average Bonchev–Trinajstić information content (AvgIpc) is 3.13. The molecular formula is C15H25N5O3S2. The SMILES string of the molecule is CCNC(=NCCNS(=O)(=O)c1cccs1)N1CCN(C(C)=O)CC1. The third kappa shape index (κ3) is 5.68. The lowest BCUT2D eigenvalue weighted by molar-refractivity contribution is -0.130. The van der Waals surface area contributed by atoms with E-state index in [0.717, 1.165) is 12.5 Å². The van der Waals surface area contributed by atoms with Gasteiger partial charge in [0.2, 0.25) is 15.9 Å². The Hall–Kier alpha value is -1.65. The second kappa shape index (κ2) is 9.16. The first-order valence-corrected chi connectivity index (χ1v) is 10.6. The van der Waals surface area contributed by atoms with Gasteiger partial charge in [0.15, 0.2) is 5.96 Å². The fourth-order valence-electron chi connectivity index (χ4n) is 2.49. The lowest BCUT2D eigenvalue weighted by atomic mass is 10.3. The topological polar surface area (TPSA) is 94.1 Å².